The third-order valence-electron chi connectivity index (χ3n) is 7.81. The van der Waals surface area contributed by atoms with Crippen LogP contribution in [0.25, 0.3) is 5.57 Å². The van der Waals surface area contributed by atoms with E-state index in [9.17, 15) is 0 Å². The second-order valence-corrected chi connectivity index (χ2v) is 10.5. The van der Waals surface area contributed by atoms with Crippen LogP contribution in [0.1, 0.15) is 54.9 Å². The minimum absolute atomic E-state index is 0.163. The number of aryl methyl sites for hydroxylation is 2. The molecule has 196 valence electrons. The smallest absolute Gasteiger partial charge is 0.130 e. The molecule has 2 aromatic rings. The topological polar surface area (TPSA) is 15.6 Å². The van der Waals surface area contributed by atoms with Gasteiger partial charge in [-0.25, -0.2) is 4.39 Å². The number of nitrogens with zero attached hydrogens (tertiary/aromatic N) is 2. The summed E-state index contributed by atoms with van der Waals surface area (Å²) in [6.07, 6.45) is 15.8. The van der Waals surface area contributed by atoms with Crippen molar-refractivity contribution in [2.45, 2.75) is 52.4 Å². The average Bonchev–Trinajstić information content (AvgIpc) is 2.89. The highest BCUT2D eigenvalue weighted by Gasteiger charge is 2.36. The van der Waals surface area contributed by atoms with Crippen LogP contribution in [-0.2, 0) is 12.8 Å². The molecule has 1 aliphatic carbocycles. The van der Waals surface area contributed by atoms with E-state index in [0.29, 0.717) is 23.3 Å². The molecule has 3 unspecified atom stereocenters. The molecule has 0 heterocycles. The van der Waals surface area contributed by atoms with Crippen molar-refractivity contribution >= 4 is 11.8 Å². The van der Waals surface area contributed by atoms with E-state index in [2.05, 4.69) is 80.5 Å². The molecule has 0 aromatic heterocycles. The first kappa shape index (κ1) is 28.4. The fourth-order valence-electron chi connectivity index (χ4n) is 5.93. The Morgan fingerprint density at radius 3 is 2.49 bits per heavy atom. The van der Waals surface area contributed by atoms with E-state index in [-0.39, 0.29) is 5.82 Å². The zero-order chi connectivity index (χ0) is 26.8. The average molecular weight is 499 g/mol. The Hall–Kier alpha value is -3.20. The fourth-order valence-corrected chi connectivity index (χ4v) is 5.93. The minimum atomic E-state index is -0.163. The van der Waals surface area contributed by atoms with E-state index in [1.54, 1.807) is 12.3 Å². The van der Waals surface area contributed by atoms with E-state index in [1.165, 1.54) is 30.3 Å². The summed E-state index contributed by atoms with van der Waals surface area (Å²) in [6, 6.07) is 14.6. The Morgan fingerprint density at radius 1 is 1.08 bits per heavy atom. The van der Waals surface area contributed by atoms with Gasteiger partial charge in [0.15, 0.2) is 0 Å². The number of halogens is 1. The van der Waals surface area contributed by atoms with Crippen LogP contribution in [-0.4, -0.2) is 25.2 Å². The van der Waals surface area contributed by atoms with Gasteiger partial charge in [-0.15, -0.1) is 0 Å². The van der Waals surface area contributed by atoms with Crippen molar-refractivity contribution in [2.24, 2.45) is 22.7 Å². The number of hydrogen-bond donors (Lipinski definition) is 0. The molecule has 3 rings (SSSR count). The summed E-state index contributed by atoms with van der Waals surface area (Å²) in [5.41, 5.74) is 6.50. The zero-order valence-corrected chi connectivity index (χ0v) is 23.1. The minimum Gasteiger partial charge on any atom is -0.381 e. The molecule has 3 heteroatoms. The molecule has 2 nitrogen and oxygen atoms in total. The van der Waals surface area contributed by atoms with Crippen molar-refractivity contribution in [3.63, 3.8) is 0 Å². The van der Waals surface area contributed by atoms with Crippen molar-refractivity contribution in [1.82, 2.24) is 4.90 Å². The first-order valence-electron chi connectivity index (χ1n) is 13.5. The Morgan fingerprint density at radius 2 is 1.81 bits per heavy atom. The molecule has 1 aliphatic rings. The van der Waals surface area contributed by atoms with Crippen molar-refractivity contribution in [3.05, 3.63) is 114 Å². The van der Waals surface area contributed by atoms with Gasteiger partial charge in [-0.1, -0.05) is 56.0 Å². The van der Waals surface area contributed by atoms with Gasteiger partial charge in [-0.05, 0) is 104 Å². The van der Waals surface area contributed by atoms with Crippen LogP contribution in [0.2, 0.25) is 0 Å². The van der Waals surface area contributed by atoms with E-state index in [4.69, 9.17) is 0 Å². The van der Waals surface area contributed by atoms with E-state index < -0.39 is 0 Å². The van der Waals surface area contributed by atoms with Crippen molar-refractivity contribution < 1.29 is 4.39 Å². The third-order valence-corrected chi connectivity index (χ3v) is 7.81. The molecule has 0 aliphatic heterocycles. The summed E-state index contributed by atoms with van der Waals surface area (Å²) >= 11 is 0. The Kier molecular flexibility index (Phi) is 10.7. The van der Waals surface area contributed by atoms with Crippen molar-refractivity contribution in [1.29, 1.82) is 0 Å². The molecule has 1 fully saturated rings. The highest BCUT2D eigenvalue weighted by Crippen LogP contribution is 2.44. The quantitative estimate of drug-likeness (QED) is 0.224. The molecular weight excluding hydrogens is 455 g/mol. The van der Waals surface area contributed by atoms with Gasteiger partial charge in [0.25, 0.3) is 0 Å². The summed E-state index contributed by atoms with van der Waals surface area (Å²) in [6.45, 7) is 11.6. The van der Waals surface area contributed by atoms with Crippen LogP contribution in [0.3, 0.4) is 0 Å². The molecule has 2 aromatic carbocycles. The van der Waals surface area contributed by atoms with Crippen LogP contribution < -0.4 is 0 Å². The molecule has 0 bridgehead atoms. The lowest BCUT2D eigenvalue weighted by Crippen LogP contribution is -2.36. The van der Waals surface area contributed by atoms with Crippen LogP contribution in [0.15, 0.2) is 90.7 Å². The van der Waals surface area contributed by atoms with Crippen LogP contribution >= 0.6 is 0 Å². The van der Waals surface area contributed by atoms with Gasteiger partial charge in [-0.2, -0.15) is 0 Å². The Balaban J connectivity index is 1.90. The maximum Gasteiger partial charge on any atom is 0.130 e. The summed E-state index contributed by atoms with van der Waals surface area (Å²) in [4.78, 5) is 6.26. The molecule has 0 spiro atoms. The van der Waals surface area contributed by atoms with E-state index in [0.717, 1.165) is 42.4 Å². The van der Waals surface area contributed by atoms with Gasteiger partial charge in [0.05, 0.1) is 0 Å². The van der Waals surface area contributed by atoms with E-state index >= 15 is 4.39 Å². The van der Waals surface area contributed by atoms with Gasteiger partial charge < -0.3 is 4.90 Å². The highest BCUT2D eigenvalue weighted by molar-refractivity contribution is 5.84. The predicted octanol–water partition coefficient (Wildman–Crippen LogP) is 8.59. The highest BCUT2D eigenvalue weighted by atomic mass is 19.1. The summed E-state index contributed by atoms with van der Waals surface area (Å²) < 4.78 is 15.3. The monoisotopic (exact) mass is 498 g/mol. The van der Waals surface area contributed by atoms with E-state index in [1.807, 2.05) is 25.1 Å². The molecule has 0 amide bonds. The Bertz CT molecular complexity index is 1140. The maximum absolute atomic E-state index is 15.3. The third kappa shape index (κ3) is 7.64. The standard InChI is InChI=1S/C34H43FN2/c1-7-13-33(37(5)6)34-28(19-18-27-14-10-9-11-15-27)16-12-17-29(34)23-30-24-32(35)31(22-26(30)4)25(3)20-21-36-8-2/h7-11,13-15,20-22,24,28-29,34H,1-2,12,16-19,23H2,3-6H3/b25-20+,33-13-,36-21?. The first-order chi connectivity index (χ1) is 17.8. The van der Waals surface area contributed by atoms with Gasteiger partial charge in [0, 0.05) is 43.7 Å². The van der Waals surface area contributed by atoms with Crippen molar-refractivity contribution in [2.75, 3.05) is 14.1 Å². The second-order valence-electron chi connectivity index (χ2n) is 10.5. The molecule has 37 heavy (non-hydrogen) atoms. The maximum atomic E-state index is 15.3. The number of hydrogen-bond acceptors (Lipinski definition) is 2. The molecule has 0 radical (unpaired) electrons. The number of benzene rings is 2. The normalized spacial score (nSPS) is 20.7. The molecule has 0 N–H and O–H groups in total. The lowest BCUT2D eigenvalue weighted by atomic mass is 9.66. The fraction of sp³-hybridized carbons (Fsp3) is 0.382. The summed E-state index contributed by atoms with van der Waals surface area (Å²) in [5.74, 6) is 1.31. The molecular formula is C34H43FN2. The second kappa shape index (κ2) is 13.9. The van der Waals surface area contributed by atoms with Crippen LogP contribution in [0.4, 0.5) is 4.39 Å². The van der Waals surface area contributed by atoms with Crippen LogP contribution in [0.5, 0.6) is 0 Å². The predicted molar refractivity (Wildman–Crippen MR) is 158 cm³/mol. The van der Waals surface area contributed by atoms with Gasteiger partial charge >= 0.3 is 0 Å². The van der Waals surface area contributed by atoms with Gasteiger partial charge in [0.2, 0.25) is 0 Å². The molecule has 1 saturated carbocycles. The van der Waals surface area contributed by atoms with Crippen LogP contribution in [0, 0.1) is 30.5 Å². The lowest BCUT2D eigenvalue weighted by Gasteiger charge is -2.42. The zero-order valence-electron chi connectivity index (χ0n) is 23.1. The van der Waals surface area contributed by atoms with Gasteiger partial charge in [0.1, 0.15) is 5.82 Å². The molecule has 3 atom stereocenters. The number of rotatable bonds is 11. The van der Waals surface area contributed by atoms with Gasteiger partial charge in [-0.3, -0.25) is 4.99 Å². The van der Waals surface area contributed by atoms with Crippen molar-refractivity contribution in [3.8, 4) is 0 Å². The Labute approximate surface area is 224 Å². The number of aliphatic imine (C=N–C) groups is 1. The number of allylic oxidation sites excluding steroid dienone is 5. The molecule has 0 saturated heterocycles. The summed E-state index contributed by atoms with van der Waals surface area (Å²) in [7, 11) is 4.28. The summed E-state index contributed by atoms with van der Waals surface area (Å²) in [5, 5.41) is 0. The largest absolute Gasteiger partial charge is 0.381 e. The first-order valence-corrected chi connectivity index (χ1v) is 13.5. The lowest BCUT2D eigenvalue weighted by molar-refractivity contribution is 0.148. The SMILES string of the molecule is C=C/C=C(/C1C(CCc2ccccc2)CCCC1Cc1cc(F)c(/C(C)=C/C=NC=C)cc1C)N(C)C.